The predicted molar refractivity (Wildman–Crippen MR) is 104 cm³/mol. The third kappa shape index (κ3) is 4.99. The van der Waals surface area contributed by atoms with Gasteiger partial charge < -0.3 is 19.8 Å². The maximum atomic E-state index is 12.4. The molecule has 8 nitrogen and oxygen atoms in total. The van der Waals surface area contributed by atoms with Crippen molar-refractivity contribution in [3.63, 3.8) is 0 Å². The second-order valence-corrected chi connectivity index (χ2v) is 6.27. The Morgan fingerprint density at radius 2 is 2.11 bits per heavy atom. The van der Waals surface area contributed by atoms with Gasteiger partial charge in [0.2, 0.25) is 0 Å². The van der Waals surface area contributed by atoms with Gasteiger partial charge in [-0.1, -0.05) is 11.6 Å². The van der Waals surface area contributed by atoms with Gasteiger partial charge in [0.25, 0.3) is 11.8 Å². The quantitative estimate of drug-likeness (QED) is 0.564. The van der Waals surface area contributed by atoms with E-state index in [2.05, 4.69) is 15.7 Å². The third-order valence-corrected chi connectivity index (χ3v) is 4.14. The number of nitrogens with one attached hydrogen (secondary N) is 2. The Balaban J connectivity index is 1.62. The molecule has 2 amide bonds. The van der Waals surface area contributed by atoms with E-state index in [1.54, 1.807) is 48.5 Å². The summed E-state index contributed by atoms with van der Waals surface area (Å²) in [6.07, 6.45) is 3.47. The molecule has 2 N–H and O–H groups in total. The summed E-state index contributed by atoms with van der Waals surface area (Å²) in [7, 11) is 1.55. The average Bonchev–Trinajstić information content (AvgIpc) is 3.34. The van der Waals surface area contributed by atoms with Crippen LogP contribution >= 0.6 is 11.6 Å². The summed E-state index contributed by atoms with van der Waals surface area (Å²) in [4.78, 5) is 24.4. The number of benzene rings is 1. The number of anilines is 1. The number of hydrogen-bond acceptors (Lipinski definition) is 5. The van der Waals surface area contributed by atoms with Gasteiger partial charge in [-0.2, -0.15) is 5.10 Å². The van der Waals surface area contributed by atoms with Gasteiger partial charge in [-0.15, -0.1) is 0 Å². The summed E-state index contributed by atoms with van der Waals surface area (Å²) in [5.41, 5.74) is 0.767. The van der Waals surface area contributed by atoms with Gasteiger partial charge in [-0.3, -0.25) is 14.3 Å². The van der Waals surface area contributed by atoms with Gasteiger partial charge in [0, 0.05) is 31.7 Å². The van der Waals surface area contributed by atoms with E-state index in [0.29, 0.717) is 36.7 Å². The molecular formula is C19H19ClN4O4. The number of ether oxygens (including phenoxy) is 1. The fourth-order valence-corrected chi connectivity index (χ4v) is 2.74. The fraction of sp³-hybridized carbons (Fsp3) is 0.211. The zero-order valence-electron chi connectivity index (χ0n) is 15.1. The molecule has 0 saturated heterocycles. The largest absolute Gasteiger partial charge is 0.454 e. The minimum atomic E-state index is -0.417. The predicted octanol–water partition coefficient (Wildman–Crippen LogP) is 2.81. The van der Waals surface area contributed by atoms with Crippen molar-refractivity contribution in [1.29, 1.82) is 0 Å². The van der Waals surface area contributed by atoms with E-state index in [1.807, 2.05) is 6.07 Å². The zero-order chi connectivity index (χ0) is 19.9. The number of hydrogen-bond donors (Lipinski definition) is 2. The molecule has 2 heterocycles. The number of methoxy groups -OCH3 is 1. The molecular weight excluding hydrogens is 384 g/mol. The van der Waals surface area contributed by atoms with Crippen molar-refractivity contribution in [2.75, 3.05) is 25.6 Å². The molecule has 3 rings (SSSR count). The SMILES string of the molecule is COCCNC(=O)c1ccc(NC(=O)c2ccc(Cn3cccn3)o2)cc1Cl. The Hall–Kier alpha value is -3.10. The molecule has 3 aromatic rings. The van der Waals surface area contributed by atoms with Gasteiger partial charge in [-0.25, -0.2) is 0 Å². The van der Waals surface area contributed by atoms with Crippen molar-refractivity contribution < 1.29 is 18.7 Å². The lowest BCUT2D eigenvalue weighted by Crippen LogP contribution is -2.27. The molecule has 0 radical (unpaired) electrons. The highest BCUT2D eigenvalue weighted by molar-refractivity contribution is 6.34. The average molecular weight is 403 g/mol. The van der Waals surface area contributed by atoms with Gasteiger partial charge in [-0.05, 0) is 36.4 Å². The van der Waals surface area contributed by atoms with Crippen LogP contribution in [0.15, 0.2) is 53.2 Å². The molecule has 0 unspecified atom stereocenters. The summed E-state index contributed by atoms with van der Waals surface area (Å²) in [6, 6.07) is 9.78. The standard InChI is InChI=1S/C19H19ClN4O4/c1-27-10-8-21-18(25)15-5-3-13(11-16(15)20)23-19(26)17-6-4-14(28-17)12-24-9-2-7-22-24/h2-7,9,11H,8,10,12H2,1H3,(H,21,25)(H,23,26). The molecule has 9 heteroatoms. The number of nitrogens with zero attached hydrogens (tertiary/aromatic N) is 2. The number of carbonyl (C=O) groups excluding carboxylic acids is 2. The number of halogens is 1. The number of aromatic nitrogens is 2. The maximum Gasteiger partial charge on any atom is 0.291 e. The van der Waals surface area contributed by atoms with Gasteiger partial charge in [0.15, 0.2) is 5.76 Å². The molecule has 0 aliphatic rings. The van der Waals surface area contributed by atoms with Gasteiger partial charge in [0.1, 0.15) is 5.76 Å². The number of furan rings is 1. The van der Waals surface area contributed by atoms with Crippen molar-refractivity contribution in [3.8, 4) is 0 Å². The Kier molecular flexibility index (Phi) is 6.46. The van der Waals surface area contributed by atoms with E-state index in [0.717, 1.165) is 0 Å². The smallest absolute Gasteiger partial charge is 0.291 e. The first-order valence-corrected chi connectivity index (χ1v) is 8.89. The Morgan fingerprint density at radius 1 is 1.25 bits per heavy atom. The van der Waals surface area contributed by atoms with Crippen LogP contribution in [0, 0.1) is 0 Å². The highest BCUT2D eigenvalue weighted by Gasteiger charge is 2.14. The maximum absolute atomic E-state index is 12.4. The minimum absolute atomic E-state index is 0.166. The van der Waals surface area contributed by atoms with Gasteiger partial charge >= 0.3 is 0 Å². The summed E-state index contributed by atoms with van der Waals surface area (Å²) in [5, 5.41) is 9.71. The van der Waals surface area contributed by atoms with Crippen LogP contribution in [0.5, 0.6) is 0 Å². The summed E-state index contributed by atoms with van der Waals surface area (Å²) in [6.45, 7) is 1.21. The van der Waals surface area contributed by atoms with E-state index in [-0.39, 0.29) is 16.7 Å². The van der Waals surface area contributed by atoms with E-state index in [4.69, 9.17) is 20.8 Å². The molecule has 0 bridgehead atoms. The molecule has 0 fully saturated rings. The number of amides is 2. The lowest BCUT2D eigenvalue weighted by atomic mass is 10.2. The van der Waals surface area contributed by atoms with Crippen LogP contribution in [0.25, 0.3) is 0 Å². The Morgan fingerprint density at radius 3 is 2.82 bits per heavy atom. The van der Waals surface area contributed by atoms with Crippen molar-refractivity contribution in [2.24, 2.45) is 0 Å². The van der Waals surface area contributed by atoms with Crippen LogP contribution in [0.3, 0.4) is 0 Å². The first-order chi connectivity index (χ1) is 13.6. The van der Waals surface area contributed by atoms with Crippen molar-refractivity contribution in [1.82, 2.24) is 15.1 Å². The molecule has 28 heavy (non-hydrogen) atoms. The topological polar surface area (TPSA) is 98.4 Å². The van der Waals surface area contributed by atoms with E-state index in [1.165, 1.54) is 6.07 Å². The fourth-order valence-electron chi connectivity index (χ4n) is 2.47. The van der Waals surface area contributed by atoms with E-state index in [9.17, 15) is 9.59 Å². The van der Waals surface area contributed by atoms with Crippen molar-refractivity contribution in [3.05, 3.63) is 70.9 Å². The monoisotopic (exact) mass is 402 g/mol. The van der Waals surface area contributed by atoms with Crippen LogP contribution in [-0.2, 0) is 11.3 Å². The molecule has 0 aliphatic carbocycles. The van der Waals surface area contributed by atoms with Crippen LogP contribution < -0.4 is 10.6 Å². The second kappa shape index (κ2) is 9.20. The Bertz CT molecular complexity index is 953. The van der Waals surface area contributed by atoms with Crippen molar-refractivity contribution in [2.45, 2.75) is 6.54 Å². The number of rotatable bonds is 8. The van der Waals surface area contributed by atoms with E-state index >= 15 is 0 Å². The third-order valence-electron chi connectivity index (χ3n) is 3.83. The van der Waals surface area contributed by atoms with Crippen LogP contribution in [0.2, 0.25) is 5.02 Å². The van der Waals surface area contributed by atoms with Crippen LogP contribution in [0.4, 0.5) is 5.69 Å². The second-order valence-electron chi connectivity index (χ2n) is 5.87. The normalized spacial score (nSPS) is 10.6. The highest BCUT2D eigenvalue weighted by atomic mass is 35.5. The van der Waals surface area contributed by atoms with E-state index < -0.39 is 5.91 Å². The molecule has 1 aromatic carbocycles. The molecule has 0 spiro atoms. The zero-order valence-corrected chi connectivity index (χ0v) is 15.9. The van der Waals surface area contributed by atoms with Crippen molar-refractivity contribution >= 4 is 29.1 Å². The molecule has 0 saturated carbocycles. The number of carbonyl (C=O) groups is 2. The first-order valence-electron chi connectivity index (χ1n) is 8.51. The highest BCUT2D eigenvalue weighted by Crippen LogP contribution is 2.22. The minimum Gasteiger partial charge on any atom is -0.454 e. The first kappa shape index (κ1) is 19.7. The molecule has 0 atom stereocenters. The van der Waals surface area contributed by atoms with Crippen LogP contribution in [0.1, 0.15) is 26.7 Å². The van der Waals surface area contributed by atoms with Crippen LogP contribution in [-0.4, -0.2) is 41.9 Å². The summed E-state index contributed by atoms with van der Waals surface area (Å²) >= 11 is 6.17. The molecule has 146 valence electrons. The summed E-state index contributed by atoms with van der Waals surface area (Å²) in [5.74, 6) is 0.0453. The lowest BCUT2D eigenvalue weighted by Gasteiger charge is -2.09. The lowest BCUT2D eigenvalue weighted by molar-refractivity contribution is 0.0936. The molecule has 2 aromatic heterocycles. The Labute approximate surface area is 166 Å². The molecule has 0 aliphatic heterocycles. The van der Waals surface area contributed by atoms with Gasteiger partial charge in [0.05, 0.1) is 23.7 Å². The summed E-state index contributed by atoms with van der Waals surface area (Å²) < 4.78 is 12.1.